The highest BCUT2D eigenvalue weighted by atomic mass is 16.3. The highest BCUT2D eigenvalue weighted by molar-refractivity contribution is 6.92. The number of hydrogen-bond donors (Lipinski definition) is 0. The second-order valence-corrected chi connectivity index (χ2v) is 12.1. The van der Waals surface area contributed by atoms with E-state index in [1.807, 2.05) is 6.26 Å². The third-order valence-electron chi connectivity index (χ3n) is 10.0. The van der Waals surface area contributed by atoms with Crippen LogP contribution in [-0.4, -0.2) is 11.3 Å². The van der Waals surface area contributed by atoms with Crippen molar-refractivity contribution in [2.75, 3.05) is 4.90 Å². The Morgan fingerprint density at radius 1 is 0.523 bits per heavy atom. The molecule has 0 aliphatic carbocycles. The van der Waals surface area contributed by atoms with Gasteiger partial charge in [-0.25, -0.2) is 0 Å². The van der Waals surface area contributed by atoms with Gasteiger partial charge in [0.1, 0.15) is 5.58 Å². The monoisotopic (exact) mass is 558 g/mol. The van der Waals surface area contributed by atoms with E-state index in [1.54, 1.807) is 0 Å². The topological polar surface area (TPSA) is 21.3 Å². The molecule has 0 atom stereocenters. The minimum absolute atomic E-state index is 0.00518. The standard InChI is InChI=1S/C40H23BN2O/c1-2-10-26-22-27(18-16-24(26)8-1)42-34-19-17-25-9-3-4-11-28(25)38(34)41-39-35(42)23-36-31(20-21-44-36)37(39)32-14-7-13-30-29-12-5-6-15-33(29)43(41)40(30)32/h1-23H. The Balaban J connectivity index is 1.38. The van der Waals surface area contributed by atoms with Gasteiger partial charge < -0.3 is 13.8 Å². The van der Waals surface area contributed by atoms with Crippen molar-refractivity contribution in [3.05, 3.63) is 140 Å². The lowest BCUT2D eigenvalue weighted by molar-refractivity contribution is 0.616. The molecule has 0 radical (unpaired) electrons. The minimum Gasteiger partial charge on any atom is -0.464 e. The zero-order chi connectivity index (χ0) is 28.5. The number of nitrogens with zero attached hydrogens (tertiary/aromatic N) is 2. The molecule has 0 unspecified atom stereocenters. The van der Waals surface area contributed by atoms with Gasteiger partial charge in [0, 0.05) is 55.9 Å². The summed E-state index contributed by atoms with van der Waals surface area (Å²) in [6, 6.07) is 49.0. The fourth-order valence-corrected chi connectivity index (χ4v) is 8.28. The van der Waals surface area contributed by atoms with E-state index in [1.165, 1.54) is 82.2 Å². The number of rotatable bonds is 1. The maximum atomic E-state index is 6.21. The third kappa shape index (κ3) is 2.70. The summed E-state index contributed by atoms with van der Waals surface area (Å²) < 4.78 is 8.83. The number of fused-ring (bicyclic) bond motifs is 12. The molecule has 0 amide bonds. The molecule has 0 fully saturated rings. The number of benzene rings is 7. The average molecular weight is 558 g/mol. The van der Waals surface area contributed by atoms with Crippen LogP contribution in [0.15, 0.2) is 144 Å². The van der Waals surface area contributed by atoms with E-state index >= 15 is 0 Å². The summed E-state index contributed by atoms with van der Waals surface area (Å²) in [6.07, 6.45) is 1.84. The minimum atomic E-state index is -0.00518. The lowest BCUT2D eigenvalue weighted by Gasteiger charge is -2.41. The third-order valence-corrected chi connectivity index (χ3v) is 10.0. The van der Waals surface area contributed by atoms with Crippen LogP contribution >= 0.6 is 0 Å². The van der Waals surface area contributed by atoms with Crippen molar-refractivity contribution in [2.24, 2.45) is 0 Å². The predicted molar refractivity (Wildman–Crippen MR) is 185 cm³/mol. The smallest absolute Gasteiger partial charge is 0.333 e. The molecule has 11 rings (SSSR count). The highest BCUT2D eigenvalue weighted by Crippen LogP contribution is 2.48. The van der Waals surface area contributed by atoms with Gasteiger partial charge >= 0.3 is 6.85 Å². The normalized spacial score (nSPS) is 13.4. The number of para-hydroxylation sites is 2. The lowest BCUT2D eigenvalue weighted by Crippen LogP contribution is -2.57. The number of anilines is 3. The van der Waals surface area contributed by atoms with Gasteiger partial charge in [0.15, 0.2) is 0 Å². The van der Waals surface area contributed by atoms with Crippen molar-refractivity contribution in [1.29, 1.82) is 0 Å². The Hall–Kier alpha value is -5.74. The Labute approximate surface area is 253 Å². The largest absolute Gasteiger partial charge is 0.464 e. The molecule has 0 bridgehead atoms. The molecule has 202 valence electrons. The Bertz CT molecular complexity index is 2700. The summed E-state index contributed by atoms with van der Waals surface area (Å²) in [7, 11) is 0. The van der Waals surface area contributed by atoms with Crippen LogP contribution in [0.25, 0.3) is 65.4 Å². The summed E-state index contributed by atoms with van der Waals surface area (Å²) in [5.74, 6) is 0. The lowest BCUT2D eigenvalue weighted by atomic mass is 9.44. The first-order valence-corrected chi connectivity index (χ1v) is 15.2. The zero-order valence-electron chi connectivity index (χ0n) is 23.7. The van der Waals surface area contributed by atoms with Gasteiger partial charge in [-0.15, -0.1) is 0 Å². The maximum absolute atomic E-state index is 6.21. The van der Waals surface area contributed by atoms with Gasteiger partial charge in [-0.05, 0) is 68.4 Å². The van der Waals surface area contributed by atoms with Crippen molar-refractivity contribution in [2.45, 2.75) is 0 Å². The van der Waals surface area contributed by atoms with Gasteiger partial charge in [0.2, 0.25) is 0 Å². The fraction of sp³-hybridized carbons (Fsp3) is 0. The highest BCUT2D eigenvalue weighted by Gasteiger charge is 2.44. The molecule has 2 aliphatic rings. The van der Waals surface area contributed by atoms with Crippen LogP contribution in [0, 0.1) is 0 Å². The predicted octanol–water partition coefficient (Wildman–Crippen LogP) is 9.26. The zero-order valence-corrected chi connectivity index (χ0v) is 23.7. The van der Waals surface area contributed by atoms with Crippen molar-refractivity contribution in [3.8, 4) is 11.1 Å². The molecule has 3 nitrogen and oxygen atoms in total. The van der Waals surface area contributed by atoms with Crippen LogP contribution in [0.5, 0.6) is 0 Å². The summed E-state index contributed by atoms with van der Waals surface area (Å²) in [5, 5.41) is 8.76. The van der Waals surface area contributed by atoms with Crippen LogP contribution in [0.1, 0.15) is 0 Å². The summed E-state index contributed by atoms with van der Waals surface area (Å²) in [6.45, 7) is -0.00518. The Morgan fingerprint density at radius 3 is 2.23 bits per heavy atom. The molecule has 7 aromatic carbocycles. The van der Waals surface area contributed by atoms with Gasteiger partial charge in [-0.3, -0.25) is 0 Å². The Morgan fingerprint density at radius 2 is 1.30 bits per heavy atom. The van der Waals surface area contributed by atoms with E-state index in [9.17, 15) is 0 Å². The van der Waals surface area contributed by atoms with E-state index in [-0.39, 0.29) is 6.85 Å². The fourth-order valence-electron chi connectivity index (χ4n) is 8.28. The molecular formula is C40H23BN2O. The second kappa shape index (κ2) is 8.00. The molecule has 2 aliphatic heterocycles. The summed E-state index contributed by atoms with van der Waals surface area (Å²) >= 11 is 0. The van der Waals surface area contributed by atoms with Gasteiger partial charge in [0.05, 0.1) is 6.26 Å². The number of furan rings is 1. The van der Waals surface area contributed by atoms with Gasteiger partial charge in [-0.1, -0.05) is 97.1 Å². The molecule has 0 saturated carbocycles. The molecular weight excluding hydrogens is 535 g/mol. The number of aromatic nitrogens is 1. The van der Waals surface area contributed by atoms with Crippen LogP contribution in [0.3, 0.4) is 0 Å². The SMILES string of the molecule is c1ccc2cc(N3c4cc5occc5c5c4B(c4c3ccc3ccccc43)n3c4ccccc4c4cccc-5c43)ccc2c1. The van der Waals surface area contributed by atoms with Crippen molar-refractivity contribution < 1.29 is 4.42 Å². The van der Waals surface area contributed by atoms with Gasteiger partial charge in [-0.2, -0.15) is 0 Å². The second-order valence-electron chi connectivity index (χ2n) is 12.1. The molecule has 2 aromatic heterocycles. The molecule has 9 aromatic rings. The van der Waals surface area contributed by atoms with Crippen LogP contribution < -0.4 is 15.8 Å². The van der Waals surface area contributed by atoms with E-state index in [0.717, 1.165) is 11.3 Å². The van der Waals surface area contributed by atoms with Crippen molar-refractivity contribution in [3.63, 3.8) is 0 Å². The molecule has 0 N–H and O–H groups in total. The summed E-state index contributed by atoms with van der Waals surface area (Å²) in [4.78, 5) is 2.47. The molecule has 0 spiro atoms. The van der Waals surface area contributed by atoms with E-state index < -0.39 is 0 Å². The first-order valence-electron chi connectivity index (χ1n) is 15.2. The average Bonchev–Trinajstić information content (AvgIpc) is 3.69. The molecule has 4 heteroatoms. The molecule has 4 heterocycles. The quantitative estimate of drug-likeness (QED) is 0.187. The van der Waals surface area contributed by atoms with Crippen molar-refractivity contribution >= 4 is 89.2 Å². The van der Waals surface area contributed by atoms with Crippen LogP contribution in [-0.2, 0) is 0 Å². The van der Waals surface area contributed by atoms with Crippen LogP contribution in [0.2, 0.25) is 0 Å². The van der Waals surface area contributed by atoms with Crippen LogP contribution in [0.4, 0.5) is 17.1 Å². The molecule has 44 heavy (non-hydrogen) atoms. The maximum Gasteiger partial charge on any atom is 0.333 e. The van der Waals surface area contributed by atoms with E-state index in [2.05, 4.69) is 143 Å². The van der Waals surface area contributed by atoms with Gasteiger partial charge in [0.25, 0.3) is 0 Å². The van der Waals surface area contributed by atoms with E-state index in [4.69, 9.17) is 4.42 Å². The summed E-state index contributed by atoms with van der Waals surface area (Å²) in [5.41, 5.74) is 12.2. The van der Waals surface area contributed by atoms with Crippen molar-refractivity contribution in [1.82, 2.24) is 4.48 Å². The first kappa shape index (κ1) is 22.8. The molecule has 0 saturated heterocycles. The number of hydrogen-bond acceptors (Lipinski definition) is 2. The Kier molecular flexibility index (Phi) is 4.15. The first-order chi connectivity index (χ1) is 21.8. The van der Waals surface area contributed by atoms with E-state index in [0.29, 0.717) is 0 Å².